The van der Waals surface area contributed by atoms with E-state index in [4.69, 9.17) is 4.98 Å². The Bertz CT molecular complexity index is 1650. The van der Waals surface area contributed by atoms with Crippen molar-refractivity contribution in [2.45, 2.75) is 45.7 Å². The Morgan fingerprint density at radius 3 is 2.48 bits per heavy atom. The van der Waals surface area contributed by atoms with Gasteiger partial charge >= 0.3 is 0 Å². The van der Waals surface area contributed by atoms with Crippen LogP contribution in [0.5, 0.6) is 0 Å². The predicted molar refractivity (Wildman–Crippen MR) is 169 cm³/mol. The normalized spacial score (nSPS) is 13.5. The van der Waals surface area contributed by atoms with Gasteiger partial charge in [-0.25, -0.2) is 4.98 Å². The number of hydrogen-bond acceptors (Lipinski definition) is 6. The predicted octanol–water partition coefficient (Wildman–Crippen LogP) is 3.82. The Morgan fingerprint density at radius 2 is 1.77 bits per heavy atom. The molecule has 1 saturated heterocycles. The maximum absolute atomic E-state index is 13.4. The minimum atomic E-state index is -0.775. The Morgan fingerprint density at radius 1 is 1.00 bits per heavy atom. The zero-order valence-electron chi connectivity index (χ0n) is 24.9. The van der Waals surface area contributed by atoms with Crippen LogP contribution < -0.4 is 21.3 Å². The number of benzene rings is 2. The fraction of sp³-hybridized carbons (Fsp3) is 0.303. The van der Waals surface area contributed by atoms with E-state index in [2.05, 4.69) is 21.3 Å². The molecule has 1 atom stereocenters. The van der Waals surface area contributed by atoms with Gasteiger partial charge in [0.25, 0.3) is 5.91 Å². The van der Waals surface area contributed by atoms with E-state index in [1.54, 1.807) is 31.2 Å². The number of carbonyl (C=O) groups excluding carboxylic acids is 4. The molecule has 4 amide bonds. The van der Waals surface area contributed by atoms with Crippen LogP contribution in [0.3, 0.4) is 0 Å². The minimum absolute atomic E-state index is 0.159. The second-order valence-corrected chi connectivity index (χ2v) is 10.8. The second kappa shape index (κ2) is 13.9. The highest BCUT2D eigenvalue weighted by atomic mass is 16.2. The van der Waals surface area contributed by atoms with E-state index in [9.17, 15) is 19.2 Å². The van der Waals surface area contributed by atoms with Crippen LogP contribution in [0.4, 0.5) is 11.5 Å². The molecule has 228 valence electrons. The van der Waals surface area contributed by atoms with Crippen LogP contribution in [0.1, 0.15) is 49.0 Å². The van der Waals surface area contributed by atoms with Gasteiger partial charge in [-0.15, -0.1) is 0 Å². The molecular formula is C33H37N7O4. The number of imidazole rings is 1. The number of anilines is 2. The van der Waals surface area contributed by atoms with Crippen LogP contribution in [0.2, 0.25) is 0 Å². The number of carbonyl (C=O) groups is 4. The number of rotatable bonds is 12. The van der Waals surface area contributed by atoms with Crippen molar-refractivity contribution in [3.63, 3.8) is 0 Å². The van der Waals surface area contributed by atoms with Crippen LogP contribution >= 0.6 is 0 Å². The molecule has 0 aliphatic carbocycles. The number of amides is 4. The van der Waals surface area contributed by atoms with Crippen molar-refractivity contribution in [2.75, 3.05) is 30.3 Å². The number of nitrogens with one attached hydrogen (secondary N) is 4. The molecule has 0 saturated carbocycles. The number of pyridine rings is 1. The van der Waals surface area contributed by atoms with Crippen molar-refractivity contribution in [1.29, 1.82) is 0 Å². The van der Waals surface area contributed by atoms with Gasteiger partial charge in [0.2, 0.25) is 17.7 Å². The summed E-state index contributed by atoms with van der Waals surface area (Å²) in [5.41, 5.74) is 3.94. The molecular weight excluding hydrogens is 558 g/mol. The lowest BCUT2D eigenvalue weighted by atomic mass is 10.1. The Labute approximate surface area is 256 Å². The lowest BCUT2D eigenvalue weighted by molar-refractivity contribution is -0.127. The zero-order valence-corrected chi connectivity index (χ0v) is 24.9. The number of likely N-dealkylation sites (tertiary alicyclic amines) is 1. The van der Waals surface area contributed by atoms with Crippen molar-refractivity contribution in [3.8, 4) is 11.3 Å². The Kier molecular flexibility index (Phi) is 9.53. The summed E-state index contributed by atoms with van der Waals surface area (Å²) in [6, 6.07) is 20.0. The highest BCUT2D eigenvalue weighted by Gasteiger charge is 2.23. The Balaban J connectivity index is 1.34. The molecule has 4 N–H and O–H groups in total. The number of fused-ring (bicyclic) bond motifs is 1. The zero-order chi connectivity index (χ0) is 31.1. The molecule has 4 aromatic rings. The van der Waals surface area contributed by atoms with Gasteiger partial charge in [-0.2, -0.15) is 0 Å². The third kappa shape index (κ3) is 7.23. The van der Waals surface area contributed by atoms with Crippen molar-refractivity contribution < 1.29 is 19.2 Å². The van der Waals surface area contributed by atoms with Gasteiger partial charge in [-0.1, -0.05) is 42.5 Å². The number of aromatic nitrogens is 2. The third-order valence-electron chi connectivity index (χ3n) is 7.49. The molecule has 44 heavy (non-hydrogen) atoms. The van der Waals surface area contributed by atoms with Crippen molar-refractivity contribution in [1.82, 2.24) is 24.9 Å². The van der Waals surface area contributed by atoms with E-state index in [-0.39, 0.29) is 17.7 Å². The van der Waals surface area contributed by atoms with E-state index in [1.165, 1.54) is 6.92 Å². The molecule has 0 radical (unpaired) electrons. The van der Waals surface area contributed by atoms with Crippen molar-refractivity contribution in [3.05, 3.63) is 84.1 Å². The van der Waals surface area contributed by atoms with E-state index in [0.29, 0.717) is 60.9 Å². The van der Waals surface area contributed by atoms with Gasteiger partial charge in [-0.05, 0) is 49.6 Å². The summed E-state index contributed by atoms with van der Waals surface area (Å²) in [7, 11) is 0. The highest BCUT2D eigenvalue weighted by molar-refractivity contribution is 6.03. The Hall–Kier alpha value is -5.19. The average Bonchev–Trinajstić information content (AvgIpc) is 3.61. The maximum atomic E-state index is 13.4. The molecule has 2 aromatic heterocycles. The number of hydrogen-bond donors (Lipinski definition) is 4. The first-order valence-corrected chi connectivity index (χ1v) is 14.8. The number of nitrogens with zero attached hydrogens (tertiary/aromatic N) is 3. The second-order valence-electron chi connectivity index (χ2n) is 10.8. The van der Waals surface area contributed by atoms with E-state index in [0.717, 1.165) is 24.1 Å². The first-order valence-electron chi connectivity index (χ1n) is 14.8. The van der Waals surface area contributed by atoms with Gasteiger partial charge in [0.05, 0.1) is 5.56 Å². The summed E-state index contributed by atoms with van der Waals surface area (Å²) in [5, 5.41) is 11.9. The molecule has 5 rings (SSSR count). The van der Waals surface area contributed by atoms with Gasteiger partial charge < -0.3 is 26.2 Å². The van der Waals surface area contributed by atoms with Crippen LogP contribution in [0, 0.1) is 0 Å². The van der Waals surface area contributed by atoms with Crippen molar-refractivity contribution in [2.24, 2.45) is 0 Å². The smallest absolute Gasteiger partial charge is 0.255 e. The summed E-state index contributed by atoms with van der Waals surface area (Å²) in [6.45, 7) is 5.42. The minimum Gasteiger partial charge on any atom is -0.365 e. The molecule has 0 bridgehead atoms. The van der Waals surface area contributed by atoms with E-state index in [1.807, 2.05) is 58.0 Å². The molecule has 1 aliphatic rings. The molecule has 2 aromatic carbocycles. The fourth-order valence-corrected chi connectivity index (χ4v) is 5.23. The standard InChI is InChI=1S/C33H37N7O4/c1-22(32(43)34-17-8-19-39-18-7-12-28(39)42)36-33(44)27-11-6-20-40-30(27)38-29(25-13-15-26(16-14-25)37-23(2)41)31(40)35-21-24-9-4-3-5-10-24/h3-6,9-11,13-16,20,22,35H,7-8,12,17-19,21H2,1-2H3,(H,34,43)(H,36,44)(H,37,41). The highest BCUT2D eigenvalue weighted by Crippen LogP contribution is 2.31. The maximum Gasteiger partial charge on any atom is 0.255 e. The van der Waals surface area contributed by atoms with Gasteiger partial charge in [-0.3, -0.25) is 23.6 Å². The topological polar surface area (TPSA) is 137 Å². The molecule has 3 heterocycles. The fourth-order valence-electron chi connectivity index (χ4n) is 5.23. The molecule has 1 unspecified atom stereocenters. The lowest BCUT2D eigenvalue weighted by Crippen LogP contribution is -2.45. The quantitative estimate of drug-likeness (QED) is 0.184. The van der Waals surface area contributed by atoms with Crippen LogP contribution in [-0.4, -0.2) is 63.6 Å². The van der Waals surface area contributed by atoms with E-state index >= 15 is 0 Å². The lowest BCUT2D eigenvalue weighted by Gasteiger charge is -2.17. The van der Waals surface area contributed by atoms with Crippen LogP contribution in [0.15, 0.2) is 72.9 Å². The van der Waals surface area contributed by atoms with Crippen LogP contribution in [-0.2, 0) is 20.9 Å². The monoisotopic (exact) mass is 595 g/mol. The first-order chi connectivity index (χ1) is 21.3. The first kappa shape index (κ1) is 30.3. The van der Waals surface area contributed by atoms with Gasteiger partial charge in [0.15, 0.2) is 5.65 Å². The molecule has 11 heteroatoms. The molecule has 11 nitrogen and oxygen atoms in total. The molecule has 1 aliphatic heterocycles. The molecule has 0 spiro atoms. The average molecular weight is 596 g/mol. The van der Waals surface area contributed by atoms with Gasteiger partial charge in [0, 0.05) is 57.0 Å². The van der Waals surface area contributed by atoms with E-state index < -0.39 is 11.9 Å². The summed E-state index contributed by atoms with van der Waals surface area (Å²) in [5.74, 6) is -0.0192. The molecule has 1 fully saturated rings. The largest absolute Gasteiger partial charge is 0.365 e. The summed E-state index contributed by atoms with van der Waals surface area (Å²) in [6.07, 6.45) is 3.96. The SMILES string of the molecule is CC(=O)Nc1ccc(-c2nc3c(C(=O)NC(C)C(=O)NCCCN4CCCC4=O)cccn3c2NCc2ccccc2)cc1. The summed E-state index contributed by atoms with van der Waals surface area (Å²) < 4.78 is 1.83. The summed E-state index contributed by atoms with van der Waals surface area (Å²) >= 11 is 0. The van der Waals surface area contributed by atoms with Gasteiger partial charge in [0.1, 0.15) is 17.6 Å². The van der Waals surface area contributed by atoms with Crippen molar-refractivity contribution >= 4 is 40.8 Å². The van der Waals surface area contributed by atoms with Crippen LogP contribution in [0.25, 0.3) is 16.9 Å². The third-order valence-corrected chi connectivity index (χ3v) is 7.49. The summed E-state index contributed by atoms with van der Waals surface area (Å²) in [4.78, 5) is 56.1.